The summed E-state index contributed by atoms with van der Waals surface area (Å²) in [5.41, 5.74) is 2.87. The molecule has 3 heteroatoms. The summed E-state index contributed by atoms with van der Waals surface area (Å²) >= 11 is 6.01. The van der Waals surface area contributed by atoms with Crippen LogP contribution in [-0.4, -0.2) is 19.4 Å². The minimum atomic E-state index is 0.528. The summed E-state index contributed by atoms with van der Waals surface area (Å²) in [5, 5.41) is 0.528. The summed E-state index contributed by atoms with van der Waals surface area (Å²) in [7, 11) is 0. The van der Waals surface area contributed by atoms with Crippen molar-refractivity contribution < 1.29 is 4.79 Å². The van der Waals surface area contributed by atoms with E-state index in [1.165, 1.54) is 5.57 Å². The van der Waals surface area contributed by atoms with Crippen LogP contribution in [0.4, 0.5) is 5.69 Å². The number of halogens is 1. The Morgan fingerprint density at radius 3 is 2.94 bits per heavy atom. The molecule has 84 valence electrons. The maximum Gasteiger partial charge on any atom is 0.153 e. The molecule has 0 saturated carbocycles. The Hall–Kier alpha value is -1.28. The Morgan fingerprint density at radius 2 is 2.25 bits per heavy atom. The van der Waals surface area contributed by atoms with E-state index in [1.54, 1.807) is 6.07 Å². The number of hydrogen-bond acceptors (Lipinski definition) is 2. The lowest BCUT2D eigenvalue weighted by Gasteiger charge is -2.29. The van der Waals surface area contributed by atoms with Gasteiger partial charge < -0.3 is 4.90 Å². The predicted octanol–water partition coefficient (Wildman–Crippen LogP) is 3.31. The lowest BCUT2D eigenvalue weighted by Crippen LogP contribution is -2.29. The third kappa shape index (κ3) is 2.12. The number of carbonyl (C=O) groups is 1. The van der Waals surface area contributed by atoms with Gasteiger partial charge in [0.25, 0.3) is 0 Å². The van der Waals surface area contributed by atoms with E-state index in [4.69, 9.17) is 11.6 Å². The molecule has 0 unspecified atom stereocenters. The second-order valence-electron chi connectivity index (χ2n) is 4.05. The maximum absolute atomic E-state index is 11.0. The van der Waals surface area contributed by atoms with E-state index in [-0.39, 0.29) is 0 Å². The summed E-state index contributed by atoms with van der Waals surface area (Å²) in [6.07, 6.45) is 4.10. The Balaban J connectivity index is 2.37. The van der Waals surface area contributed by atoms with Crippen molar-refractivity contribution >= 4 is 23.6 Å². The van der Waals surface area contributed by atoms with Gasteiger partial charge in [-0.1, -0.05) is 29.3 Å². The minimum Gasteiger partial charge on any atom is -0.367 e. The zero-order valence-corrected chi connectivity index (χ0v) is 10.00. The smallest absolute Gasteiger partial charge is 0.153 e. The van der Waals surface area contributed by atoms with E-state index in [2.05, 4.69) is 17.9 Å². The fourth-order valence-corrected chi connectivity index (χ4v) is 2.25. The van der Waals surface area contributed by atoms with Gasteiger partial charge in [-0.2, -0.15) is 0 Å². The highest BCUT2D eigenvalue weighted by Crippen LogP contribution is 2.27. The van der Waals surface area contributed by atoms with Gasteiger partial charge in [0.05, 0.1) is 10.6 Å². The van der Waals surface area contributed by atoms with Crippen LogP contribution >= 0.6 is 11.6 Å². The van der Waals surface area contributed by atoms with Crippen LogP contribution in [0.1, 0.15) is 23.7 Å². The molecule has 0 aliphatic carbocycles. The van der Waals surface area contributed by atoms with Crippen molar-refractivity contribution in [3.05, 3.63) is 40.4 Å². The van der Waals surface area contributed by atoms with E-state index >= 15 is 0 Å². The van der Waals surface area contributed by atoms with E-state index in [0.717, 1.165) is 31.5 Å². The average molecular weight is 236 g/mol. The fourth-order valence-electron chi connectivity index (χ4n) is 2.04. The van der Waals surface area contributed by atoms with Crippen molar-refractivity contribution in [1.82, 2.24) is 0 Å². The highest BCUT2D eigenvalue weighted by atomic mass is 35.5. The van der Waals surface area contributed by atoms with E-state index in [0.29, 0.717) is 10.6 Å². The van der Waals surface area contributed by atoms with Gasteiger partial charge in [-0.25, -0.2) is 0 Å². The van der Waals surface area contributed by atoms with Gasteiger partial charge in [0.1, 0.15) is 0 Å². The normalized spacial score (nSPS) is 15.9. The standard InChI is InChI=1S/C13H14ClNO/c1-10-4-3-7-15(8-10)13-6-2-5-12(14)11(13)9-16/h2,4-6,9H,3,7-8H2,1H3. The number of aldehydes is 1. The fraction of sp³-hybridized carbons (Fsp3) is 0.308. The lowest BCUT2D eigenvalue weighted by atomic mass is 10.1. The molecule has 0 N–H and O–H groups in total. The van der Waals surface area contributed by atoms with E-state index in [1.807, 2.05) is 12.1 Å². The Bertz CT molecular complexity index is 440. The molecule has 0 aromatic heterocycles. The van der Waals surface area contributed by atoms with Crippen LogP contribution in [0.3, 0.4) is 0 Å². The Labute approximate surface area is 101 Å². The molecule has 0 amide bonds. The van der Waals surface area contributed by atoms with Gasteiger partial charge in [-0.3, -0.25) is 4.79 Å². The third-order valence-corrected chi connectivity index (χ3v) is 3.15. The second-order valence-corrected chi connectivity index (χ2v) is 4.46. The van der Waals surface area contributed by atoms with Crippen LogP contribution in [0.2, 0.25) is 5.02 Å². The van der Waals surface area contributed by atoms with Gasteiger partial charge in [-0.05, 0) is 25.5 Å². The molecule has 1 aliphatic rings. The minimum absolute atomic E-state index is 0.528. The first kappa shape index (κ1) is 11.2. The molecule has 0 atom stereocenters. The largest absolute Gasteiger partial charge is 0.367 e. The summed E-state index contributed by atoms with van der Waals surface area (Å²) in [5.74, 6) is 0. The summed E-state index contributed by atoms with van der Waals surface area (Å²) in [6.45, 7) is 3.93. The average Bonchev–Trinajstić information content (AvgIpc) is 2.28. The summed E-state index contributed by atoms with van der Waals surface area (Å²) in [4.78, 5) is 13.2. The quantitative estimate of drug-likeness (QED) is 0.579. The van der Waals surface area contributed by atoms with E-state index in [9.17, 15) is 4.79 Å². The molecule has 0 radical (unpaired) electrons. The number of nitrogens with zero attached hydrogens (tertiary/aromatic N) is 1. The highest BCUT2D eigenvalue weighted by Gasteiger charge is 2.15. The summed E-state index contributed by atoms with van der Waals surface area (Å²) in [6, 6.07) is 5.59. The van der Waals surface area contributed by atoms with Gasteiger partial charge in [-0.15, -0.1) is 0 Å². The molecule has 2 nitrogen and oxygen atoms in total. The van der Waals surface area contributed by atoms with Crippen LogP contribution in [0, 0.1) is 0 Å². The topological polar surface area (TPSA) is 20.3 Å². The lowest BCUT2D eigenvalue weighted by molar-refractivity contribution is 0.112. The van der Waals surface area contributed by atoms with Crippen molar-refractivity contribution in [3.8, 4) is 0 Å². The third-order valence-electron chi connectivity index (χ3n) is 2.82. The van der Waals surface area contributed by atoms with Crippen molar-refractivity contribution in [1.29, 1.82) is 0 Å². The number of benzene rings is 1. The van der Waals surface area contributed by atoms with Crippen molar-refractivity contribution in [3.63, 3.8) is 0 Å². The SMILES string of the molecule is CC1=CCCN(c2cccc(Cl)c2C=O)C1. The van der Waals surface area contributed by atoms with Crippen LogP contribution in [0.5, 0.6) is 0 Å². The first-order chi connectivity index (χ1) is 7.72. The molecule has 0 bridgehead atoms. The van der Waals surface area contributed by atoms with Gasteiger partial charge in [0.2, 0.25) is 0 Å². The number of anilines is 1. The number of carbonyl (C=O) groups excluding carboxylic acids is 1. The van der Waals surface area contributed by atoms with Crippen LogP contribution in [0.15, 0.2) is 29.8 Å². The van der Waals surface area contributed by atoms with Gasteiger partial charge in [0, 0.05) is 18.8 Å². The van der Waals surface area contributed by atoms with E-state index < -0.39 is 0 Å². The van der Waals surface area contributed by atoms with Crippen molar-refractivity contribution in [2.75, 3.05) is 18.0 Å². The van der Waals surface area contributed by atoms with Crippen LogP contribution in [0.25, 0.3) is 0 Å². The second kappa shape index (κ2) is 4.71. The highest BCUT2D eigenvalue weighted by molar-refractivity contribution is 6.33. The zero-order chi connectivity index (χ0) is 11.5. The molecule has 1 aliphatic heterocycles. The molecule has 0 fully saturated rings. The monoisotopic (exact) mass is 235 g/mol. The summed E-state index contributed by atoms with van der Waals surface area (Å²) < 4.78 is 0. The zero-order valence-electron chi connectivity index (χ0n) is 9.24. The molecule has 1 heterocycles. The molecular weight excluding hydrogens is 222 g/mol. The number of hydrogen-bond donors (Lipinski definition) is 0. The first-order valence-electron chi connectivity index (χ1n) is 5.36. The molecule has 2 rings (SSSR count). The van der Waals surface area contributed by atoms with Crippen molar-refractivity contribution in [2.45, 2.75) is 13.3 Å². The van der Waals surface area contributed by atoms with Crippen molar-refractivity contribution in [2.24, 2.45) is 0 Å². The molecule has 0 saturated heterocycles. The number of rotatable bonds is 2. The first-order valence-corrected chi connectivity index (χ1v) is 5.74. The molecular formula is C13H14ClNO. The predicted molar refractivity (Wildman–Crippen MR) is 67.4 cm³/mol. The molecule has 1 aromatic rings. The van der Waals surface area contributed by atoms with Crippen LogP contribution < -0.4 is 4.90 Å². The van der Waals surface area contributed by atoms with Gasteiger partial charge >= 0.3 is 0 Å². The van der Waals surface area contributed by atoms with Gasteiger partial charge in [0.15, 0.2) is 6.29 Å². The molecule has 1 aromatic carbocycles. The molecule has 0 spiro atoms. The maximum atomic E-state index is 11.0. The Kier molecular flexibility index (Phi) is 3.30. The Morgan fingerprint density at radius 1 is 1.44 bits per heavy atom. The molecule has 16 heavy (non-hydrogen) atoms. The van der Waals surface area contributed by atoms with Crippen LogP contribution in [-0.2, 0) is 0 Å².